The minimum atomic E-state index is -0.879. The van der Waals surface area contributed by atoms with Crippen LogP contribution in [-0.4, -0.2) is 60.8 Å². The van der Waals surface area contributed by atoms with Crippen molar-refractivity contribution in [2.75, 3.05) is 37.6 Å². The van der Waals surface area contributed by atoms with E-state index in [0.29, 0.717) is 29.4 Å². The molecule has 37 heavy (non-hydrogen) atoms. The number of ether oxygens (including phenoxy) is 1. The highest BCUT2D eigenvalue weighted by molar-refractivity contribution is 7.17. The average Bonchev–Trinajstić information content (AvgIpc) is 3.38. The lowest BCUT2D eigenvalue weighted by Gasteiger charge is -2.31. The molecule has 1 aliphatic carbocycles. The Morgan fingerprint density at radius 1 is 1.19 bits per heavy atom. The van der Waals surface area contributed by atoms with Crippen LogP contribution >= 0.6 is 22.9 Å². The Labute approximate surface area is 228 Å². The number of hydrogen-bond acceptors (Lipinski definition) is 6. The molecule has 198 valence electrons. The van der Waals surface area contributed by atoms with E-state index in [0.717, 1.165) is 44.6 Å². The lowest BCUT2D eigenvalue weighted by molar-refractivity contribution is -0.126. The number of nitrogens with one attached hydrogen (secondary N) is 1. The minimum Gasteiger partial charge on any atom is -0.489 e. The van der Waals surface area contributed by atoms with Crippen molar-refractivity contribution in [3.8, 4) is 5.75 Å². The van der Waals surface area contributed by atoms with Crippen LogP contribution in [0.25, 0.3) is 10.1 Å². The van der Waals surface area contributed by atoms with Crippen LogP contribution in [0.1, 0.15) is 44.8 Å². The third-order valence-corrected chi connectivity index (χ3v) is 8.71. The van der Waals surface area contributed by atoms with Gasteiger partial charge in [-0.1, -0.05) is 37.6 Å². The molecule has 6 nitrogen and oxygen atoms in total. The highest BCUT2D eigenvalue weighted by atomic mass is 35.5. The Morgan fingerprint density at radius 3 is 2.73 bits per heavy atom. The average molecular weight is 542 g/mol. The summed E-state index contributed by atoms with van der Waals surface area (Å²) in [5, 5.41) is 18.4. The topological polar surface area (TPSA) is 65.0 Å². The van der Waals surface area contributed by atoms with E-state index >= 15 is 0 Å². The van der Waals surface area contributed by atoms with E-state index in [1.165, 1.54) is 10.1 Å². The smallest absolute Gasteiger partial charge is 0.225 e. The fraction of sp³-hybridized carbons (Fsp3) is 0.483. The van der Waals surface area contributed by atoms with Crippen LogP contribution in [0.15, 0.2) is 47.8 Å². The van der Waals surface area contributed by atoms with E-state index in [1.54, 1.807) is 17.4 Å². The number of fused-ring (bicyclic) bond motifs is 1. The summed E-state index contributed by atoms with van der Waals surface area (Å²) in [5.74, 6) is 0.523. The highest BCUT2D eigenvalue weighted by Gasteiger charge is 2.33. The highest BCUT2D eigenvalue weighted by Crippen LogP contribution is 2.34. The summed E-state index contributed by atoms with van der Waals surface area (Å²) in [7, 11) is 0. The Bertz CT molecular complexity index is 1230. The van der Waals surface area contributed by atoms with Crippen molar-refractivity contribution in [3.05, 3.63) is 58.4 Å². The number of likely N-dealkylation sites (N-methyl/N-ethyl adjacent to an activating group) is 1. The van der Waals surface area contributed by atoms with Crippen LogP contribution in [0, 0.1) is 5.92 Å². The van der Waals surface area contributed by atoms with Gasteiger partial charge in [-0.2, -0.15) is 0 Å². The van der Waals surface area contributed by atoms with E-state index in [1.807, 2.05) is 12.1 Å². The molecule has 2 N–H and O–H groups in total. The number of aliphatic hydroxyl groups excluding tert-OH is 1. The van der Waals surface area contributed by atoms with Crippen LogP contribution in [0.4, 0.5) is 5.69 Å². The van der Waals surface area contributed by atoms with E-state index in [9.17, 15) is 9.90 Å². The quantitative estimate of drug-likeness (QED) is 0.336. The molecule has 0 radical (unpaired) electrons. The summed E-state index contributed by atoms with van der Waals surface area (Å²) in [6, 6.07) is 13.6. The van der Waals surface area contributed by atoms with E-state index < -0.39 is 12.1 Å². The van der Waals surface area contributed by atoms with Crippen molar-refractivity contribution in [2.45, 2.75) is 51.4 Å². The molecule has 3 atom stereocenters. The molecule has 2 heterocycles. The number of thiophene rings is 1. The molecular weight excluding hydrogens is 506 g/mol. The molecule has 1 saturated carbocycles. The maximum absolute atomic E-state index is 13.4. The summed E-state index contributed by atoms with van der Waals surface area (Å²) in [6.45, 7) is 7.94. The third-order valence-electron chi connectivity index (χ3n) is 7.54. The number of carbonyl (C=O) groups is 1. The van der Waals surface area contributed by atoms with Crippen molar-refractivity contribution < 1.29 is 14.6 Å². The maximum Gasteiger partial charge on any atom is 0.225 e. The summed E-state index contributed by atoms with van der Waals surface area (Å²) >= 11 is 8.22. The van der Waals surface area contributed by atoms with Crippen LogP contribution < -0.4 is 15.0 Å². The number of rotatable bonds is 11. The standard InChI is InChI=1S/C29H36ClN3O3S/c1-3-32(4-2)18-25(28(34)20-6-10-26(24(30)15-20)36-23-8-9-23)31-29(35)21-11-13-33(17-21)22-7-5-19-12-14-37-27(19)16-22/h5-7,10,12,14-16,21,23,25,28,34H,3-4,8-9,11,13,17-18H2,1-2H3,(H,31,35). The molecule has 2 aliphatic rings. The monoisotopic (exact) mass is 541 g/mol. The molecule has 0 spiro atoms. The Morgan fingerprint density at radius 2 is 2.00 bits per heavy atom. The zero-order valence-electron chi connectivity index (χ0n) is 21.5. The van der Waals surface area contributed by atoms with Gasteiger partial charge >= 0.3 is 0 Å². The van der Waals surface area contributed by atoms with Gasteiger partial charge in [0.2, 0.25) is 5.91 Å². The van der Waals surface area contributed by atoms with Crippen molar-refractivity contribution in [3.63, 3.8) is 0 Å². The fourth-order valence-corrected chi connectivity index (χ4v) is 6.08. The number of amides is 1. The van der Waals surface area contributed by atoms with E-state index in [4.69, 9.17) is 16.3 Å². The van der Waals surface area contributed by atoms with Crippen molar-refractivity contribution >= 4 is 44.6 Å². The second-order valence-electron chi connectivity index (χ2n) is 10.1. The first-order chi connectivity index (χ1) is 17.9. The number of benzene rings is 2. The SMILES string of the molecule is CCN(CC)CC(NC(=O)C1CCN(c2ccc3ccsc3c2)C1)C(O)c1ccc(OC2CC2)c(Cl)c1. The van der Waals surface area contributed by atoms with Gasteiger partial charge in [0.1, 0.15) is 11.9 Å². The van der Waals surface area contributed by atoms with Crippen molar-refractivity contribution in [2.24, 2.45) is 5.92 Å². The number of carbonyl (C=O) groups excluding carboxylic acids is 1. The molecular formula is C29H36ClN3O3S. The first-order valence-electron chi connectivity index (χ1n) is 13.3. The van der Waals surface area contributed by atoms with Gasteiger partial charge in [0.25, 0.3) is 0 Å². The number of nitrogens with zero attached hydrogens (tertiary/aromatic N) is 2. The first kappa shape index (κ1) is 26.3. The number of aliphatic hydroxyl groups is 1. The molecule has 1 aromatic heterocycles. The summed E-state index contributed by atoms with van der Waals surface area (Å²) in [6.07, 6.45) is 2.28. The van der Waals surface area contributed by atoms with Gasteiger partial charge in [0.15, 0.2) is 0 Å². The maximum atomic E-state index is 13.4. The predicted octanol–water partition coefficient (Wildman–Crippen LogP) is 5.48. The molecule has 2 aromatic carbocycles. The van der Waals surface area contributed by atoms with Crippen LogP contribution in [-0.2, 0) is 4.79 Å². The minimum absolute atomic E-state index is 0.00399. The molecule has 8 heteroatoms. The molecule has 2 fully saturated rings. The summed E-state index contributed by atoms with van der Waals surface area (Å²) < 4.78 is 7.12. The van der Waals surface area contributed by atoms with Gasteiger partial charge in [0.05, 0.1) is 23.1 Å². The fourth-order valence-electron chi connectivity index (χ4n) is 5.03. The number of hydrogen-bond donors (Lipinski definition) is 2. The molecule has 0 bridgehead atoms. The molecule has 1 saturated heterocycles. The number of halogens is 1. The van der Waals surface area contributed by atoms with Crippen molar-refractivity contribution in [1.29, 1.82) is 0 Å². The zero-order valence-corrected chi connectivity index (χ0v) is 23.1. The Balaban J connectivity index is 1.27. The van der Waals surface area contributed by atoms with Gasteiger partial charge in [-0.25, -0.2) is 0 Å². The molecule has 1 aliphatic heterocycles. The normalized spacial score (nSPS) is 19.4. The first-order valence-corrected chi connectivity index (χ1v) is 14.6. The lowest BCUT2D eigenvalue weighted by atomic mass is 9.99. The molecule has 5 rings (SSSR count). The summed E-state index contributed by atoms with van der Waals surface area (Å²) in [4.78, 5) is 17.9. The van der Waals surface area contributed by atoms with Gasteiger partial charge < -0.3 is 25.0 Å². The predicted molar refractivity (Wildman–Crippen MR) is 152 cm³/mol. The molecule has 3 unspecified atom stereocenters. The van der Waals surface area contributed by atoms with Gasteiger partial charge in [-0.05, 0) is 79.0 Å². The number of anilines is 1. The van der Waals surface area contributed by atoms with E-state index in [-0.39, 0.29) is 17.9 Å². The van der Waals surface area contributed by atoms with Crippen LogP contribution in [0.2, 0.25) is 5.02 Å². The lowest BCUT2D eigenvalue weighted by Crippen LogP contribution is -2.49. The second kappa shape index (κ2) is 11.6. The van der Waals surface area contributed by atoms with Crippen molar-refractivity contribution in [1.82, 2.24) is 10.2 Å². The van der Waals surface area contributed by atoms with Crippen LogP contribution in [0.5, 0.6) is 5.75 Å². The molecule has 1 amide bonds. The Kier molecular flexibility index (Phi) is 8.24. The van der Waals surface area contributed by atoms with E-state index in [2.05, 4.69) is 58.6 Å². The third kappa shape index (κ3) is 6.23. The van der Waals surface area contributed by atoms with Crippen LogP contribution in [0.3, 0.4) is 0 Å². The van der Waals surface area contributed by atoms with Gasteiger partial charge in [-0.15, -0.1) is 11.3 Å². The molecule has 3 aromatic rings. The van der Waals surface area contributed by atoms with Gasteiger partial charge in [-0.3, -0.25) is 4.79 Å². The second-order valence-corrected chi connectivity index (χ2v) is 11.5. The Hall–Kier alpha value is -2.32. The largest absolute Gasteiger partial charge is 0.489 e. The van der Waals surface area contributed by atoms with Gasteiger partial charge in [0, 0.05) is 30.0 Å². The zero-order chi connectivity index (χ0) is 25.9. The summed E-state index contributed by atoms with van der Waals surface area (Å²) in [5.41, 5.74) is 1.84.